The Labute approximate surface area is 105 Å². The van der Waals surface area contributed by atoms with Crippen molar-refractivity contribution in [2.24, 2.45) is 5.41 Å². The van der Waals surface area contributed by atoms with E-state index in [1.807, 2.05) is 13.8 Å². The molecule has 0 bridgehead atoms. The molecule has 0 unspecified atom stereocenters. The zero-order valence-electron chi connectivity index (χ0n) is 9.74. The first-order chi connectivity index (χ1) is 7.85. The first-order valence-corrected chi connectivity index (χ1v) is 5.52. The molecule has 6 heteroatoms. The fourth-order valence-electron chi connectivity index (χ4n) is 1.15. The molecule has 0 spiro atoms. The lowest BCUT2D eigenvalue weighted by Crippen LogP contribution is -2.26. The molecular weight excluding hydrogens is 244 g/mol. The molecule has 0 radical (unpaired) electrons. The summed E-state index contributed by atoms with van der Waals surface area (Å²) in [6.45, 7) is 4.26. The van der Waals surface area contributed by atoms with Crippen LogP contribution < -0.4 is 5.32 Å². The van der Waals surface area contributed by atoms with Crippen LogP contribution in [0.1, 0.15) is 13.8 Å². The van der Waals surface area contributed by atoms with Gasteiger partial charge in [0.05, 0.1) is 15.6 Å². The van der Waals surface area contributed by atoms with Gasteiger partial charge in [-0.25, -0.2) is 0 Å². The van der Waals surface area contributed by atoms with Gasteiger partial charge in [-0.2, -0.15) is 0 Å². The second-order valence-corrected chi connectivity index (χ2v) is 5.00. The van der Waals surface area contributed by atoms with Crippen LogP contribution in [0.4, 0.5) is 11.4 Å². The van der Waals surface area contributed by atoms with Gasteiger partial charge in [0.1, 0.15) is 0 Å². The molecule has 0 aromatic heterocycles. The summed E-state index contributed by atoms with van der Waals surface area (Å²) in [5.41, 5.74) is 0.176. The van der Waals surface area contributed by atoms with Crippen molar-refractivity contribution in [3.63, 3.8) is 0 Å². The molecule has 0 aliphatic heterocycles. The molecule has 17 heavy (non-hydrogen) atoms. The average Bonchev–Trinajstić information content (AvgIpc) is 2.27. The van der Waals surface area contributed by atoms with Crippen molar-refractivity contribution in [3.05, 3.63) is 33.3 Å². The van der Waals surface area contributed by atoms with Crippen molar-refractivity contribution >= 4 is 23.0 Å². The number of aliphatic hydroxyl groups excluding tert-OH is 1. The van der Waals surface area contributed by atoms with E-state index in [1.54, 1.807) is 0 Å². The van der Waals surface area contributed by atoms with Crippen LogP contribution in [0.15, 0.2) is 18.2 Å². The summed E-state index contributed by atoms with van der Waals surface area (Å²) in [6.07, 6.45) is 0. The number of halogens is 1. The number of anilines is 1. The van der Waals surface area contributed by atoms with Crippen molar-refractivity contribution < 1.29 is 10.0 Å². The number of hydrogen-bond donors (Lipinski definition) is 2. The monoisotopic (exact) mass is 258 g/mol. The van der Waals surface area contributed by atoms with Crippen LogP contribution in [-0.2, 0) is 0 Å². The minimum Gasteiger partial charge on any atom is -0.396 e. The Balaban J connectivity index is 2.83. The lowest BCUT2D eigenvalue weighted by Gasteiger charge is -2.22. The van der Waals surface area contributed by atoms with E-state index in [0.29, 0.717) is 17.3 Å². The number of non-ortho nitro benzene ring substituents is 1. The SMILES string of the molecule is CC(C)(CO)CNc1cc([N+](=O)[O-])ccc1Cl. The number of benzene rings is 1. The number of nitro groups is 1. The Morgan fingerprint density at radius 1 is 1.53 bits per heavy atom. The molecule has 0 aliphatic rings. The van der Waals surface area contributed by atoms with Crippen LogP contribution in [0.2, 0.25) is 5.02 Å². The van der Waals surface area contributed by atoms with Crippen molar-refractivity contribution in [2.45, 2.75) is 13.8 Å². The van der Waals surface area contributed by atoms with Crippen LogP contribution in [0.5, 0.6) is 0 Å². The molecule has 0 atom stereocenters. The Kier molecular flexibility index (Phi) is 4.31. The largest absolute Gasteiger partial charge is 0.396 e. The summed E-state index contributed by atoms with van der Waals surface area (Å²) in [7, 11) is 0. The summed E-state index contributed by atoms with van der Waals surface area (Å²) in [5, 5.41) is 23.1. The van der Waals surface area contributed by atoms with Gasteiger partial charge in [-0.1, -0.05) is 25.4 Å². The molecule has 5 nitrogen and oxygen atoms in total. The highest BCUT2D eigenvalue weighted by Gasteiger charge is 2.17. The van der Waals surface area contributed by atoms with E-state index in [4.69, 9.17) is 16.7 Å². The van der Waals surface area contributed by atoms with Crippen LogP contribution >= 0.6 is 11.6 Å². The molecule has 0 fully saturated rings. The van der Waals surface area contributed by atoms with E-state index in [0.717, 1.165) is 0 Å². The van der Waals surface area contributed by atoms with Crippen molar-refractivity contribution in [1.82, 2.24) is 0 Å². The zero-order chi connectivity index (χ0) is 13.1. The molecular formula is C11H15ClN2O3. The number of nitrogens with one attached hydrogen (secondary N) is 1. The van der Waals surface area contributed by atoms with Gasteiger partial charge in [0, 0.05) is 30.7 Å². The Bertz CT molecular complexity index is 421. The van der Waals surface area contributed by atoms with Gasteiger partial charge in [0.25, 0.3) is 5.69 Å². The zero-order valence-corrected chi connectivity index (χ0v) is 10.5. The summed E-state index contributed by atoms with van der Waals surface area (Å²) in [5.74, 6) is 0. The topological polar surface area (TPSA) is 75.4 Å². The van der Waals surface area contributed by atoms with Gasteiger partial charge in [0.15, 0.2) is 0 Å². The van der Waals surface area contributed by atoms with E-state index in [2.05, 4.69) is 5.32 Å². The van der Waals surface area contributed by atoms with Gasteiger partial charge < -0.3 is 10.4 Å². The normalized spacial score (nSPS) is 11.3. The van der Waals surface area contributed by atoms with Gasteiger partial charge in [-0.05, 0) is 6.07 Å². The maximum atomic E-state index is 10.6. The highest BCUT2D eigenvalue weighted by atomic mass is 35.5. The van der Waals surface area contributed by atoms with E-state index < -0.39 is 4.92 Å². The molecule has 0 aliphatic carbocycles. The molecule has 0 saturated heterocycles. The molecule has 0 heterocycles. The Hall–Kier alpha value is -1.33. The summed E-state index contributed by atoms with van der Waals surface area (Å²) in [6, 6.07) is 4.22. The van der Waals surface area contributed by atoms with Crippen molar-refractivity contribution in [2.75, 3.05) is 18.5 Å². The van der Waals surface area contributed by atoms with Crippen LogP contribution in [0, 0.1) is 15.5 Å². The fraction of sp³-hybridized carbons (Fsp3) is 0.455. The summed E-state index contributed by atoms with van der Waals surface area (Å²) < 4.78 is 0. The molecule has 2 N–H and O–H groups in total. The molecule has 1 aromatic rings. The van der Waals surface area contributed by atoms with E-state index in [1.165, 1.54) is 18.2 Å². The third kappa shape index (κ3) is 3.87. The predicted octanol–water partition coefficient (Wildman–Crippen LogP) is 2.68. The van der Waals surface area contributed by atoms with Gasteiger partial charge in [-0.3, -0.25) is 10.1 Å². The first-order valence-electron chi connectivity index (χ1n) is 5.14. The second-order valence-electron chi connectivity index (χ2n) is 4.60. The third-order valence-corrected chi connectivity index (χ3v) is 2.68. The van der Waals surface area contributed by atoms with Crippen molar-refractivity contribution in [1.29, 1.82) is 0 Å². The van der Waals surface area contributed by atoms with Crippen LogP contribution in [0.3, 0.4) is 0 Å². The fourth-order valence-corrected chi connectivity index (χ4v) is 1.34. The van der Waals surface area contributed by atoms with Crippen LogP contribution in [0.25, 0.3) is 0 Å². The standard InChI is InChI=1S/C11H15ClN2O3/c1-11(2,7-15)6-13-10-5-8(14(16)17)3-4-9(10)12/h3-5,13,15H,6-7H2,1-2H3. The number of hydrogen-bond acceptors (Lipinski definition) is 4. The molecule has 1 rings (SSSR count). The van der Waals surface area contributed by atoms with Crippen molar-refractivity contribution in [3.8, 4) is 0 Å². The van der Waals surface area contributed by atoms with E-state index in [-0.39, 0.29) is 17.7 Å². The summed E-state index contributed by atoms with van der Waals surface area (Å²) in [4.78, 5) is 10.1. The number of nitro benzene ring substituents is 1. The van der Waals surface area contributed by atoms with Gasteiger partial charge in [0.2, 0.25) is 0 Å². The minimum atomic E-state index is -0.474. The highest BCUT2D eigenvalue weighted by molar-refractivity contribution is 6.33. The predicted molar refractivity (Wildman–Crippen MR) is 67.5 cm³/mol. The van der Waals surface area contributed by atoms with Crippen LogP contribution in [-0.4, -0.2) is 23.2 Å². The smallest absolute Gasteiger partial charge is 0.271 e. The van der Waals surface area contributed by atoms with Gasteiger partial charge >= 0.3 is 0 Å². The molecule has 94 valence electrons. The second kappa shape index (κ2) is 5.33. The molecule has 0 saturated carbocycles. The number of rotatable bonds is 5. The lowest BCUT2D eigenvalue weighted by molar-refractivity contribution is -0.384. The molecule has 1 aromatic carbocycles. The van der Waals surface area contributed by atoms with E-state index in [9.17, 15) is 10.1 Å². The summed E-state index contributed by atoms with van der Waals surface area (Å²) >= 11 is 5.93. The van der Waals surface area contributed by atoms with Gasteiger partial charge in [-0.15, -0.1) is 0 Å². The number of aliphatic hydroxyl groups is 1. The third-order valence-electron chi connectivity index (χ3n) is 2.35. The lowest BCUT2D eigenvalue weighted by atomic mass is 9.95. The first kappa shape index (κ1) is 13.7. The Morgan fingerprint density at radius 3 is 2.71 bits per heavy atom. The highest BCUT2D eigenvalue weighted by Crippen LogP contribution is 2.27. The maximum Gasteiger partial charge on any atom is 0.271 e. The minimum absolute atomic E-state index is 0.0151. The quantitative estimate of drug-likeness (QED) is 0.629. The Morgan fingerprint density at radius 2 is 2.18 bits per heavy atom. The van der Waals surface area contributed by atoms with E-state index >= 15 is 0 Å². The average molecular weight is 259 g/mol. The molecule has 0 amide bonds. The number of nitrogens with zero attached hydrogens (tertiary/aromatic N) is 1. The maximum absolute atomic E-state index is 10.6.